The van der Waals surface area contributed by atoms with Crippen LogP contribution in [0, 0.1) is 6.57 Å². The topological polar surface area (TPSA) is 31.4 Å². The molecule has 0 aliphatic rings. The molecule has 24 heavy (non-hydrogen) atoms. The van der Waals surface area contributed by atoms with Gasteiger partial charge in [0, 0.05) is 0 Å². The molecule has 4 nitrogen and oxygen atoms in total. The van der Waals surface area contributed by atoms with Crippen LogP contribution in [0.3, 0.4) is 0 Å². The summed E-state index contributed by atoms with van der Waals surface area (Å²) >= 11 is 0. The number of benzene rings is 2. The van der Waals surface area contributed by atoms with E-state index in [0.717, 1.165) is 41.4 Å². The van der Waals surface area contributed by atoms with Crippen LogP contribution in [0.1, 0.15) is 25.2 Å². The van der Waals surface area contributed by atoms with E-state index in [4.69, 9.17) is 16.4 Å². The zero-order valence-electron chi connectivity index (χ0n) is 13.9. The molecule has 0 unspecified atom stereocenters. The Hall–Kier alpha value is -3.06. The number of ether oxygens (including phenoxy) is 1. The molecule has 0 aliphatic carbocycles. The molecule has 0 bridgehead atoms. The fraction of sp³-hybridized carbons (Fsp3) is 0.200. The molecule has 0 spiro atoms. The first-order valence-electron chi connectivity index (χ1n) is 8.08. The Morgan fingerprint density at radius 3 is 2.29 bits per heavy atom. The van der Waals surface area contributed by atoms with E-state index in [1.807, 2.05) is 47.1 Å². The van der Waals surface area contributed by atoms with Crippen molar-refractivity contribution in [1.82, 2.24) is 9.78 Å². The number of hydrogen-bond donors (Lipinski definition) is 0. The van der Waals surface area contributed by atoms with Crippen molar-refractivity contribution < 1.29 is 4.74 Å². The van der Waals surface area contributed by atoms with Crippen LogP contribution in [-0.4, -0.2) is 9.78 Å². The van der Waals surface area contributed by atoms with Crippen molar-refractivity contribution in [2.45, 2.75) is 26.7 Å². The zero-order valence-corrected chi connectivity index (χ0v) is 13.9. The van der Waals surface area contributed by atoms with Gasteiger partial charge >= 0.3 is 0 Å². The third kappa shape index (κ3) is 3.02. The third-order valence-corrected chi connectivity index (χ3v) is 3.86. The highest BCUT2D eigenvalue weighted by atomic mass is 16.5. The lowest BCUT2D eigenvalue weighted by Gasteiger charge is -2.09. The van der Waals surface area contributed by atoms with E-state index < -0.39 is 0 Å². The van der Waals surface area contributed by atoms with Crippen molar-refractivity contribution in [2.75, 3.05) is 0 Å². The van der Waals surface area contributed by atoms with Gasteiger partial charge in [-0.2, -0.15) is 5.10 Å². The maximum atomic E-state index is 7.03. The molecule has 0 N–H and O–H groups in total. The maximum Gasteiger partial charge on any atom is 0.187 e. The monoisotopic (exact) mass is 317 g/mol. The van der Waals surface area contributed by atoms with E-state index in [9.17, 15) is 0 Å². The van der Waals surface area contributed by atoms with Gasteiger partial charge in [0.2, 0.25) is 0 Å². The van der Waals surface area contributed by atoms with Gasteiger partial charge < -0.3 is 4.74 Å². The molecule has 0 fully saturated rings. The highest BCUT2D eigenvalue weighted by Gasteiger charge is 2.18. The second-order valence-electron chi connectivity index (χ2n) is 5.38. The molecular formula is C20H19N3O. The van der Waals surface area contributed by atoms with Crippen molar-refractivity contribution in [3.63, 3.8) is 0 Å². The Kier molecular flexibility index (Phi) is 4.62. The molecule has 0 radical (unpaired) electrons. The van der Waals surface area contributed by atoms with Gasteiger partial charge in [-0.25, -0.2) is 9.53 Å². The summed E-state index contributed by atoms with van der Waals surface area (Å²) in [6, 6.07) is 17.3. The summed E-state index contributed by atoms with van der Waals surface area (Å²) in [6.45, 7) is 11.2. The smallest absolute Gasteiger partial charge is 0.187 e. The van der Waals surface area contributed by atoms with Gasteiger partial charge in [0.05, 0.1) is 18.0 Å². The summed E-state index contributed by atoms with van der Waals surface area (Å²) in [5.74, 6) is 1.54. The predicted molar refractivity (Wildman–Crippen MR) is 95.1 cm³/mol. The first kappa shape index (κ1) is 15.8. The van der Waals surface area contributed by atoms with Crippen LogP contribution < -0.4 is 4.74 Å². The average Bonchev–Trinajstić information content (AvgIpc) is 3.00. The highest BCUT2D eigenvalue weighted by Crippen LogP contribution is 2.32. The van der Waals surface area contributed by atoms with E-state index in [1.165, 1.54) is 0 Å². The lowest BCUT2D eigenvalue weighted by Crippen LogP contribution is -2.01. The molecule has 1 aromatic heterocycles. The van der Waals surface area contributed by atoms with Crippen molar-refractivity contribution in [1.29, 1.82) is 0 Å². The van der Waals surface area contributed by atoms with Gasteiger partial charge in [-0.15, -0.1) is 0 Å². The number of nitrogens with zero attached hydrogens (tertiary/aromatic N) is 3. The van der Waals surface area contributed by atoms with Crippen LogP contribution in [0.25, 0.3) is 10.5 Å². The highest BCUT2D eigenvalue weighted by molar-refractivity contribution is 5.49. The van der Waals surface area contributed by atoms with E-state index in [1.54, 1.807) is 12.1 Å². The van der Waals surface area contributed by atoms with Crippen LogP contribution in [-0.2, 0) is 12.8 Å². The van der Waals surface area contributed by atoms with E-state index in [0.29, 0.717) is 5.69 Å². The fourth-order valence-electron chi connectivity index (χ4n) is 2.64. The molecule has 0 aliphatic heterocycles. The van der Waals surface area contributed by atoms with Gasteiger partial charge in [-0.1, -0.05) is 44.2 Å². The van der Waals surface area contributed by atoms with E-state index in [-0.39, 0.29) is 0 Å². The standard InChI is InChI=1S/C20H19N3O/c1-4-18-20(24-17-13-11-15(21-3)12-14-17)19(5-2)23(22-18)16-9-7-6-8-10-16/h6-14H,4-5H2,1-2H3. The number of hydrogen-bond acceptors (Lipinski definition) is 2. The largest absolute Gasteiger partial charge is 0.454 e. The molecule has 0 saturated carbocycles. The molecule has 0 atom stereocenters. The number of para-hydroxylation sites is 1. The summed E-state index contributed by atoms with van der Waals surface area (Å²) < 4.78 is 8.10. The molecule has 120 valence electrons. The van der Waals surface area contributed by atoms with Crippen LogP contribution in [0.15, 0.2) is 54.6 Å². The lowest BCUT2D eigenvalue weighted by atomic mass is 10.2. The second kappa shape index (κ2) is 7.01. The summed E-state index contributed by atoms with van der Waals surface area (Å²) in [7, 11) is 0. The third-order valence-electron chi connectivity index (χ3n) is 3.86. The minimum Gasteiger partial charge on any atom is -0.454 e. The summed E-state index contributed by atoms with van der Waals surface area (Å²) in [4.78, 5) is 3.41. The first-order valence-corrected chi connectivity index (χ1v) is 8.08. The molecule has 0 amide bonds. The van der Waals surface area contributed by atoms with Crippen molar-refractivity contribution in [3.8, 4) is 17.2 Å². The van der Waals surface area contributed by atoms with Crippen LogP contribution in [0.4, 0.5) is 5.69 Å². The number of aryl methyl sites for hydroxylation is 1. The Balaban J connectivity index is 2.03. The van der Waals surface area contributed by atoms with E-state index >= 15 is 0 Å². The van der Waals surface area contributed by atoms with Crippen molar-refractivity contribution in [3.05, 3.63) is 77.4 Å². The van der Waals surface area contributed by atoms with Gasteiger partial charge in [0.25, 0.3) is 0 Å². The fourth-order valence-corrected chi connectivity index (χ4v) is 2.64. The quantitative estimate of drug-likeness (QED) is 0.595. The molecular weight excluding hydrogens is 298 g/mol. The Morgan fingerprint density at radius 1 is 1.00 bits per heavy atom. The normalized spacial score (nSPS) is 10.4. The maximum absolute atomic E-state index is 7.03. The average molecular weight is 317 g/mol. The minimum absolute atomic E-state index is 0.605. The van der Waals surface area contributed by atoms with Crippen molar-refractivity contribution >= 4 is 5.69 Å². The summed E-state index contributed by atoms with van der Waals surface area (Å²) in [5.41, 5.74) is 3.62. The molecule has 2 aromatic carbocycles. The Morgan fingerprint density at radius 2 is 1.71 bits per heavy atom. The van der Waals surface area contributed by atoms with Gasteiger partial charge in [0.15, 0.2) is 11.4 Å². The Labute approximate surface area is 142 Å². The minimum atomic E-state index is 0.605. The van der Waals surface area contributed by atoms with Gasteiger partial charge in [-0.3, -0.25) is 0 Å². The number of rotatable bonds is 5. The van der Waals surface area contributed by atoms with E-state index in [2.05, 4.69) is 18.7 Å². The summed E-state index contributed by atoms with van der Waals surface area (Å²) in [6.07, 6.45) is 1.61. The molecule has 0 saturated heterocycles. The second-order valence-corrected chi connectivity index (χ2v) is 5.38. The van der Waals surface area contributed by atoms with Crippen LogP contribution in [0.5, 0.6) is 11.5 Å². The number of aromatic nitrogens is 2. The van der Waals surface area contributed by atoms with Crippen LogP contribution >= 0.6 is 0 Å². The summed E-state index contributed by atoms with van der Waals surface area (Å²) in [5, 5.41) is 4.74. The molecule has 3 rings (SSSR count). The first-order chi connectivity index (χ1) is 11.8. The molecule has 3 aromatic rings. The zero-order chi connectivity index (χ0) is 16.9. The molecule has 4 heteroatoms. The van der Waals surface area contributed by atoms with Crippen molar-refractivity contribution in [2.24, 2.45) is 0 Å². The SMILES string of the molecule is [C-]#[N+]c1ccc(Oc2c(CC)nn(-c3ccccc3)c2CC)cc1. The van der Waals surface area contributed by atoms with Gasteiger partial charge in [0.1, 0.15) is 11.4 Å². The Bertz CT molecular complexity index is 858. The van der Waals surface area contributed by atoms with Gasteiger partial charge in [-0.05, 0) is 37.1 Å². The van der Waals surface area contributed by atoms with Crippen LogP contribution in [0.2, 0.25) is 0 Å². The predicted octanol–water partition coefficient (Wildman–Crippen LogP) is 5.34. The molecule has 1 heterocycles. The lowest BCUT2D eigenvalue weighted by molar-refractivity contribution is 0.470.